The molecule has 3 aromatic carbocycles. The Bertz CT molecular complexity index is 2010. The van der Waals surface area contributed by atoms with Crippen LogP contribution in [-0.2, 0) is 27.5 Å². The highest BCUT2D eigenvalue weighted by Gasteiger charge is 2.43. The molecule has 1 aromatic heterocycles. The standard InChI is InChI=1S/C43H51N5O5/c1-46(2)27-30-11-10-14-32(25-30)40-39(31-12-6-5-7-13-31)35-21-18-33(26-36(35)48(40)28-37(49)47(3)4)41(52)45-43(23-8-9-24-43)42(53)44-34-19-15-29(16-20-34)17-22-38(50)51/h10-11,14-22,25-26,31H,5-9,12-13,23-24,27-28H2,1-4H3,(H,44,53)(H,45,52)(H,50,51). The first kappa shape index (κ1) is 37.5. The van der Waals surface area contributed by atoms with Crippen LogP contribution in [0.1, 0.15) is 90.8 Å². The molecular formula is C43H51N5O5. The molecule has 0 radical (unpaired) electrons. The van der Waals surface area contributed by atoms with Crippen LogP contribution in [0.4, 0.5) is 5.69 Å². The third kappa shape index (κ3) is 8.54. The van der Waals surface area contributed by atoms with Gasteiger partial charge in [0.15, 0.2) is 0 Å². The number of carboxylic acids is 1. The topological polar surface area (TPSA) is 124 Å². The Morgan fingerprint density at radius 2 is 1.60 bits per heavy atom. The molecule has 1 heterocycles. The van der Waals surface area contributed by atoms with Crippen LogP contribution in [0, 0.1) is 0 Å². The molecule has 2 aliphatic rings. The lowest BCUT2D eigenvalue weighted by atomic mass is 9.81. The van der Waals surface area contributed by atoms with E-state index >= 15 is 0 Å². The molecule has 0 unspecified atom stereocenters. The highest BCUT2D eigenvalue weighted by atomic mass is 16.4. The fourth-order valence-corrected chi connectivity index (χ4v) is 8.03. The number of hydrogen-bond acceptors (Lipinski definition) is 5. The minimum Gasteiger partial charge on any atom is -0.478 e. The van der Waals surface area contributed by atoms with Crippen molar-refractivity contribution in [1.29, 1.82) is 0 Å². The number of carboxylic acid groups (broad SMARTS) is 1. The lowest BCUT2D eigenvalue weighted by Crippen LogP contribution is -2.55. The van der Waals surface area contributed by atoms with Gasteiger partial charge in [-0.1, -0.05) is 68.5 Å². The van der Waals surface area contributed by atoms with Crippen LogP contribution in [-0.4, -0.2) is 76.9 Å². The number of aliphatic carboxylic acids is 1. The molecule has 53 heavy (non-hydrogen) atoms. The minimum atomic E-state index is -1.08. The van der Waals surface area contributed by atoms with Crippen LogP contribution in [0.3, 0.4) is 0 Å². The van der Waals surface area contributed by atoms with E-state index < -0.39 is 11.5 Å². The Morgan fingerprint density at radius 3 is 2.26 bits per heavy atom. The molecule has 10 nitrogen and oxygen atoms in total. The van der Waals surface area contributed by atoms with Crippen LogP contribution < -0.4 is 10.6 Å². The zero-order chi connectivity index (χ0) is 37.7. The molecule has 0 spiro atoms. The van der Waals surface area contributed by atoms with Gasteiger partial charge in [0.05, 0.1) is 11.2 Å². The van der Waals surface area contributed by atoms with Gasteiger partial charge in [-0.15, -0.1) is 0 Å². The van der Waals surface area contributed by atoms with E-state index in [0.717, 1.165) is 73.3 Å². The maximum Gasteiger partial charge on any atom is 0.328 e. The van der Waals surface area contributed by atoms with E-state index in [2.05, 4.69) is 58.5 Å². The molecule has 4 aromatic rings. The molecule has 6 rings (SSSR count). The van der Waals surface area contributed by atoms with Crippen molar-refractivity contribution in [2.75, 3.05) is 33.5 Å². The molecule has 10 heteroatoms. The number of nitrogens with zero attached hydrogens (tertiary/aromatic N) is 3. The van der Waals surface area contributed by atoms with Crippen molar-refractivity contribution in [3.05, 3.63) is 95.1 Å². The normalized spacial score (nSPS) is 15.9. The van der Waals surface area contributed by atoms with E-state index in [1.165, 1.54) is 23.6 Å². The number of hydrogen-bond donors (Lipinski definition) is 3. The zero-order valence-corrected chi connectivity index (χ0v) is 31.3. The summed E-state index contributed by atoms with van der Waals surface area (Å²) in [7, 11) is 7.65. The number of aromatic nitrogens is 1. The molecule has 2 fully saturated rings. The second-order valence-corrected chi connectivity index (χ2v) is 15.1. The Kier molecular flexibility index (Phi) is 11.5. The fourth-order valence-electron chi connectivity index (χ4n) is 8.03. The van der Waals surface area contributed by atoms with E-state index in [-0.39, 0.29) is 24.3 Å². The number of amides is 3. The largest absolute Gasteiger partial charge is 0.478 e. The van der Waals surface area contributed by atoms with Crippen molar-refractivity contribution < 1.29 is 24.3 Å². The van der Waals surface area contributed by atoms with E-state index in [9.17, 15) is 19.2 Å². The first-order valence-corrected chi connectivity index (χ1v) is 18.7. The molecule has 0 aliphatic heterocycles. The molecule has 2 aliphatic carbocycles. The van der Waals surface area contributed by atoms with Crippen LogP contribution >= 0.6 is 0 Å². The molecule has 278 valence electrons. The monoisotopic (exact) mass is 717 g/mol. The zero-order valence-electron chi connectivity index (χ0n) is 31.3. The maximum atomic E-state index is 14.2. The number of carbonyl (C=O) groups is 4. The van der Waals surface area contributed by atoms with Crippen molar-refractivity contribution in [1.82, 2.24) is 19.7 Å². The summed E-state index contributed by atoms with van der Waals surface area (Å²) in [5, 5.41) is 16.1. The number of rotatable bonds is 12. The number of nitrogens with one attached hydrogen (secondary N) is 2. The van der Waals surface area contributed by atoms with Gasteiger partial charge < -0.3 is 30.1 Å². The second-order valence-electron chi connectivity index (χ2n) is 15.1. The van der Waals surface area contributed by atoms with E-state index in [0.29, 0.717) is 35.6 Å². The Balaban J connectivity index is 1.38. The Morgan fingerprint density at radius 1 is 0.887 bits per heavy atom. The summed E-state index contributed by atoms with van der Waals surface area (Å²) in [5.74, 6) is -1.35. The first-order chi connectivity index (χ1) is 25.4. The number of likely N-dealkylation sites (N-methyl/N-ethyl adjacent to an activating group) is 1. The smallest absolute Gasteiger partial charge is 0.328 e. The summed E-state index contributed by atoms with van der Waals surface area (Å²) in [6, 6.07) is 21.3. The summed E-state index contributed by atoms with van der Waals surface area (Å²) in [6.45, 7) is 0.921. The highest BCUT2D eigenvalue weighted by Crippen LogP contribution is 2.44. The first-order valence-electron chi connectivity index (χ1n) is 18.7. The Hall–Kier alpha value is -5.22. The molecule has 3 amide bonds. The number of anilines is 1. The van der Waals surface area contributed by atoms with Crippen molar-refractivity contribution in [3.8, 4) is 11.3 Å². The van der Waals surface area contributed by atoms with Gasteiger partial charge in [-0.2, -0.15) is 0 Å². The quantitative estimate of drug-likeness (QED) is 0.132. The molecule has 0 bridgehead atoms. The van der Waals surface area contributed by atoms with Crippen LogP contribution in [0.25, 0.3) is 28.2 Å². The third-order valence-electron chi connectivity index (χ3n) is 10.7. The third-order valence-corrected chi connectivity index (χ3v) is 10.7. The van der Waals surface area contributed by atoms with Crippen LogP contribution in [0.15, 0.2) is 72.8 Å². The lowest BCUT2D eigenvalue weighted by molar-refractivity contribution is -0.131. The summed E-state index contributed by atoms with van der Waals surface area (Å²) >= 11 is 0. The van der Waals surface area contributed by atoms with Gasteiger partial charge in [-0.3, -0.25) is 14.4 Å². The maximum absolute atomic E-state index is 14.2. The number of benzene rings is 3. The predicted molar refractivity (Wildman–Crippen MR) is 210 cm³/mol. The molecule has 3 N–H and O–H groups in total. The molecule has 2 saturated carbocycles. The average molecular weight is 718 g/mol. The SMILES string of the molecule is CN(C)Cc1cccc(-c2c(C3CCCCC3)c3ccc(C(=O)NC4(C(=O)Nc5ccc(C=CC(=O)O)cc5)CCCC4)cc3n2CC(=O)N(C)C)c1. The van der Waals surface area contributed by atoms with Crippen LogP contribution in [0.5, 0.6) is 0 Å². The van der Waals surface area contributed by atoms with E-state index in [4.69, 9.17) is 5.11 Å². The van der Waals surface area contributed by atoms with Crippen molar-refractivity contribution >= 4 is 46.4 Å². The average Bonchev–Trinajstić information content (AvgIpc) is 3.74. The summed E-state index contributed by atoms with van der Waals surface area (Å²) in [6.07, 6.45) is 10.9. The van der Waals surface area contributed by atoms with E-state index in [1.807, 2.05) is 18.2 Å². The van der Waals surface area contributed by atoms with Gasteiger partial charge in [0.2, 0.25) is 11.8 Å². The number of carbonyl (C=O) groups excluding carboxylic acids is 3. The Labute approximate surface area is 311 Å². The van der Waals surface area contributed by atoms with Crippen molar-refractivity contribution in [2.24, 2.45) is 0 Å². The molecular weight excluding hydrogens is 667 g/mol. The van der Waals surface area contributed by atoms with E-state index in [1.54, 1.807) is 43.3 Å². The highest BCUT2D eigenvalue weighted by molar-refractivity contribution is 6.06. The van der Waals surface area contributed by atoms with Gasteiger partial charge >= 0.3 is 5.97 Å². The summed E-state index contributed by atoms with van der Waals surface area (Å²) in [4.78, 5) is 56.2. The summed E-state index contributed by atoms with van der Waals surface area (Å²) < 4.78 is 2.11. The van der Waals surface area contributed by atoms with Crippen LogP contribution in [0.2, 0.25) is 0 Å². The van der Waals surface area contributed by atoms with Gasteiger partial charge in [0, 0.05) is 43.4 Å². The molecule has 0 saturated heterocycles. The molecule has 0 atom stereocenters. The number of fused-ring (bicyclic) bond motifs is 1. The predicted octanol–water partition coefficient (Wildman–Crippen LogP) is 7.28. The van der Waals surface area contributed by atoms with Gasteiger partial charge in [0.1, 0.15) is 12.1 Å². The van der Waals surface area contributed by atoms with Gasteiger partial charge in [-0.05, 0) is 104 Å². The second kappa shape index (κ2) is 16.2. The minimum absolute atomic E-state index is 0.0369. The lowest BCUT2D eigenvalue weighted by Gasteiger charge is -2.29. The van der Waals surface area contributed by atoms with Gasteiger partial charge in [0.25, 0.3) is 5.91 Å². The summed E-state index contributed by atoms with van der Waals surface area (Å²) in [5.41, 5.74) is 5.97. The fraction of sp³-hybridized carbons (Fsp3) is 0.395. The van der Waals surface area contributed by atoms with Crippen molar-refractivity contribution in [3.63, 3.8) is 0 Å². The van der Waals surface area contributed by atoms with Gasteiger partial charge in [-0.25, -0.2) is 4.79 Å². The van der Waals surface area contributed by atoms with Crippen molar-refractivity contribution in [2.45, 2.75) is 82.3 Å².